The van der Waals surface area contributed by atoms with Gasteiger partial charge in [-0.15, -0.1) is 0 Å². The van der Waals surface area contributed by atoms with E-state index in [1.807, 2.05) is 19.2 Å². The third-order valence-electron chi connectivity index (χ3n) is 10.2. The Labute approximate surface area is 267 Å². The zero-order valence-corrected chi connectivity index (χ0v) is 27.3. The first kappa shape index (κ1) is 28.5. The molecule has 232 valence electrons. The van der Waals surface area contributed by atoms with Crippen molar-refractivity contribution in [2.75, 3.05) is 63.2 Å². The molecule has 1 spiro atoms. The van der Waals surface area contributed by atoms with Gasteiger partial charge in [0, 0.05) is 50.1 Å². The highest BCUT2D eigenvalue weighted by molar-refractivity contribution is 7.16. The first-order chi connectivity index (χ1) is 21.7. The van der Waals surface area contributed by atoms with Gasteiger partial charge in [-0.2, -0.15) is 10.4 Å². The van der Waals surface area contributed by atoms with Gasteiger partial charge >= 0.3 is 0 Å². The molecule has 1 aromatic carbocycles. The Morgan fingerprint density at radius 3 is 2.42 bits per heavy atom. The molecule has 6 heterocycles. The van der Waals surface area contributed by atoms with Crippen LogP contribution in [0.5, 0.6) is 0 Å². The number of benzene rings is 1. The molecule has 4 fully saturated rings. The number of thiazole rings is 1. The molecular weight excluding hydrogens is 583 g/mol. The number of likely N-dealkylation sites (tertiary alicyclic amines) is 2. The van der Waals surface area contributed by atoms with Gasteiger partial charge < -0.3 is 19.6 Å². The highest BCUT2D eigenvalue weighted by atomic mass is 32.1. The number of carbonyl (C=O) groups excluding carboxylic acids is 1. The summed E-state index contributed by atoms with van der Waals surface area (Å²) in [5, 5.41) is 16.7. The average Bonchev–Trinajstić information content (AvgIpc) is 3.64. The van der Waals surface area contributed by atoms with Crippen LogP contribution in [0.25, 0.3) is 22.3 Å². The zero-order valence-electron chi connectivity index (χ0n) is 26.5. The van der Waals surface area contributed by atoms with Gasteiger partial charge in [0.15, 0.2) is 10.8 Å². The van der Waals surface area contributed by atoms with Crippen LogP contribution in [-0.2, 0) is 4.79 Å². The third-order valence-corrected chi connectivity index (χ3v) is 11.2. The number of hydrogen-bond donors (Lipinski definition) is 0. The number of fused-ring (bicyclic) bond motifs is 1. The number of aromatic nitrogens is 4. The van der Waals surface area contributed by atoms with E-state index in [0.717, 1.165) is 110 Å². The first-order valence-electron chi connectivity index (χ1n) is 16.1. The molecule has 1 aliphatic carbocycles. The lowest BCUT2D eigenvalue weighted by atomic mass is 9.72. The fourth-order valence-corrected chi connectivity index (χ4v) is 8.27. The third kappa shape index (κ3) is 4.86. The van der Waals surface area contributed by atoms with Gasteiger partial charge in [-0.25, -0.2) is 14.6 Å². The second-order valence-electron chi connectivity index (χ2n) is 13.8. The van der Waals surface area contributed by atoms with Crippen molar-refractivity contribution in [1.82, 2.24) is 29.5 Å². The van der Waals surface area contributed by atoms with Crippen molar-refractivity contribution in [3.8, 4) is 17.3 Å². The number of pyridine rings is 1. The van der Waals surface area contributed by atoms with Crippen LogP contribution in [0.1, 0.15) is 47.9 Å². The van der Waals surface area contributed by atoms with Crippen molar-refractivity contribution >= 4 is 44.9 Å². The van der Waals surface area contributed by atoms with Gasteiger partial charge in [0.2, 0.25) is 5.91 Å². The van der Waals surface area contributed by atoms with E-state index < -0.39 is 0 Å². The van der Waals surface area contributed by atoms with E-state index in [2.05, 4.69) is 69.4 Å². The molecule has 10 nitrogen and oxygen atoms in total. The van der Waals surface area contributed by atoms with E-state index in [1.165, 1.54) is 16.9 Å². The number of hydrogen-bond acceptors (Lipinski definition) is 9. The standard InChI is InChI=1S/C34H39N9OS/c1-21-5-7-23(8-6-21)29-28(16-35)45-33(37-29)40(4)31-26-15-27(22(2)36-30(26)38-43(31)25-9-10-25)41-17-34(18-41)19-42(20-34)32(44)24-11-13-39(3)14-12-24/h5-8,15,24-25H,9-14,17-20H2,1-4H3. The Bertz CT molecular complexity index is 1830. The highest BCUT2D eigenvalue weighted by Crippen LogP contribution is 2.47. The van der Waals surface area contributed by atoms with Gasteiger partial charge in [0.1, 0.15) is 22.5 Å². The maximum absolute atomic E-state index is 13.1. The second-order valence-corrected chi connectivity index (χ2v) is 14.8. The van der Waals surface area contributed by atoms with Crippen molar-refractivity contribution in [3.63, 3.8) is 0 Å². The van der Waals surface area contributed by atoms with Crippen LogP contribution in [0.3, 0.4) is 0 Å². The Hall–Kier alpha value is -4.01. The summed E-state index contributed by atoms with van der Waals surface area (Å²) < 4.78 is 2.12. The maximum atomic E-state index is 13.1. The smallest absolute Gasteiger partial charge is 0.225 e. The number of amides is 1. The van der Waals surface area contributed by atoms with E-state index in [1.54, 1.807) is 0 Å². The van der Waals surface area contributed by atoms with Gasteiger partial charge in [-0.05, 0) is 65.7 Å². The van der Waals surface area contributed by atoms with Crippen molar-refractivity contribution in [3.05, 3.63) is 46.5 Å². The molecule has 11 heteroatoms. The molecule has 45 heavy (non-hydrogen) atoms. The van der Waals surface area contributed by atoms with E-state index in [9.17, 15) is 10.1 Å². The first-order valence-corrected chi connectivity index (χ1v) is 16.9. The normalized spacial score (nSPS) is 19.9. The summed E-state index contributed by atoms with van der Waals surface area (Å²) in [4.78, 5) is 32.6. The van der Waals surface area contributed by atoms with Crippen LogP contribution in [-0.4, -0.2) is 88.8 Å². The molecule has 3 aliphatic heterocycles. The molecule has 8 rings (SSSR count). The topological polar surface area (TPSA) is 97.4 Å². The van der Waals surface area contributed by atoms with Gasteiger partial charge in [0.25, 0.3) is 0 Å². The minimum Gasteiger partial charge on any atom is -0.369 e. The lowest BCUT2D eigenvalue weighted by Gasteiger charge is -2.61. The fraction of sp³-hybridized carbons (Fsp3) is 0.500. The summed E-state index contributed by atoms with van der Waals surface area (Å²) in [6.45, 7) is 9.78. The maximum Gasteiger partial charge on any atom is 0.225 e. The molecule has 0 atom stereocenters. The van der Waals surface area contributed by atoms with Crippen LogP contribution in [0.15, 0.2) is 30.3 Å². The molecule has 0 radical (unpaired) electrons. The lowest BCUT2D eigenvalue weighted by Crippen LogP contribution is -2.73. The van der Waals surface area contributed by atoms with E-state index in [-0.39, 0.29) is 11.3 Å². The Balaban J connectivity index is 1.05. The SMILES string of the molecule is Cc1ccc(-c2nc(N(C)c3c4cc(N5CC6(CN(C(=O)C7CCN(C)CC7)C6)C5)c(C)nc4nn3C3CC3)sc2C#N)cc1. The molecule has 0 bridgehead atoms. The number of nitrogens with zero attached hydrogens (tertiary/aromatic N) is 9. The molecule has 1 amide bonds. The summed E-state index contributed by atoms with van der Waals surface area (Å²) in [7, 11) is 4.16. The van der Waals surface area contributed by atoms with Gasteiger partial charge in [-0.3, -0.25) is 4.79 Å². The van der Waals surface area contributed by atoms with Crippen molar-refractivity contribution in [1.29, 1.82) is 5.26 Å². The van der Waals surface area contributed by atoms with Crippen molar-refractivity contribution in [2.24, 2.45) is 11.3 Å². The van der Waals surface area contributed by atoms with Gasteiger partial charge in [0.05, 0.1) is 22.8 Å². The van der Waals surface area contributed by atoms with Crippen LogP contribution in [0.2, 0.25) is 0 Å². The van der Waals surface area contributed by atoms with Crippen LogP contribution >= 0.6 is 11.3 Å². The Kier molecular flexibility index (Phi) is 6.66. The summed E-state index contributed by atoms with van der Waals surface area (Å²) in [5.74, 6) is 1.53. The molecule has 3 saturated heterocycles. The molecule has 3 aromatic heterocycles. The van der Waals surface area contributed by atoms with Crippen LogP contribution < -0.4 is 9.80 Å². The summed E-state index contributed by atoms with van der Waals surface area (Å²) in [6, 6.07) is 13.1. The van der Waals surface area contributed by atoms with Crippen LogP contribution in [0.4, 0.5) is 16.6 Å². The largest absolute Gasteiger partial charge is 0.369 e. The predicted octanol–water partition coefficient (Wildman–Crippen LogP) is 5.14. The van der Waals surface area contributed by atoms with E-state index in [4.69, 9.17) is 15.1 Å². The monoisotopic (exact) mass is 621 g/mol. The number of rotatable bonds is 6. The number of anilines is 3. The highest BCUT2D eigenvalue weighted by Gasteiger charge is 2.54. The van der Waals surface area contributed by atoms with Crippen molar-refractivity contribution < 1.29 is 4.79 Å². The molecule has 1 saturated carbocycles. The van der Waals surface area contributed by atoms with E-state index >= 15 is 0 Å². The fourth-order valence-electron chi connectivity index (χ4n) is 7.42. The number of carbonyl (C=O) groups is 1. The second kappa shape index (κ2) is 10.5. The number of nitriles is 1. The summed E-state index contributed by atoms with van der Waals surface area (Å²) in [5.41, 5.74) is 5.89. The van der Waals surface area contributed by atoms with Crippen LogP contribution in [0, 0.1) is 36.5 Å². The molecule has 0 unspecified atom stereocenters. The number of aryl methyl sites for hydroxylation is 2. The average molecular weight is 622 g/mol. The molecule has 0 N–H and O–H groups in total. The zero-order chi connectivity index (χ0) is 31.0. The Morgan fingerprint density at radius 1 is 1.04 bits per heavy atom. The quantitative estimate of drug-likeness (QED) is 0.292. The predicted molar refractivity (Wildman–Crippen MR) is 177 cm³/mol. The summed E-state index contributed by atoms with van der Waals surface area (Å²) in [6.07, 6.45) is 4.15. The molecule has 4 aromatic rings. The lowest BCUT2D eigenvalue weighted by molar-refractivity contribution is -0.151. The summed E-state index contributed by atoms with van der Waals surface area (Å²) >= 11 is 1.41. The number of piperidine rings is 1. The van der Waals surface area contributed by atoms with Crippen molar-refractivity contribution in [2.45, 2.75) is 45.6 Å². The molecule has 4 aliphatic rings. The minimum absolute atomic E-state index is 0.192. The molecular formula is C34H39N9OS. The minimum atomic E-state index is 0.192. The van der Waals surface area contributed by atoms with E-state index in [0.29, 0.717) is 16.8 Å². The van der Waals surface area contributed by atoms with Gasteiger partial charge in [-0.1, -0.05) is 41.2 Å². The Morgan fingerprint density at radius 2 is 1.76 bits per heavy atom.